The van der Waals surface area contributed by atoms with Crippen LogP contribution in [0, 0.1) is 17.8 Å². The first-order chi connectivity index (χ1) is 9.10. The van der Waals surface area contributed by atoms with Crippen LogP contribution in [0.3, 0.4) is 0 Å². The van der Waals surface area contributed by atoms with Crippen LogP contribution in [-0.2, 0) is 0 Å². The molecular formula is C18H38O. The Morgan fingerprint density at radius 3 is 1.37 bits per heavy atom. The molecule has 0 fully saturated rings. The van der Waals surface area contributed by atoms with E-state index < -0.39 is 0 Å². The topological polar surface area (TPSA) is 20.2 Å². The van der Waals surface area contributed by atoms with Gasteiger partial charge in [0.1, 0.15) is 0 Å². The van der Waals surface area contributed by atoms with Gasteiger partial charge in [-0.15, -0.1) is 0 Å². The molecule has 1 N–H and O–H groups in total. The Hall–Kier alpha value is -0.0400. The second kappa shape index (κ2) is 13.0. The Bertz CT molecular complexity index is 179. The highest BCUT2D eigenvalue weighted by Crippen LogP contribution is 2.21. The normalized spacial score (nSPS) is 16.3. The minimum absolute atomic E-state index is 0.358. The van der Waals surface area contributed by atoms with Gasteiger partial charge in [0, 0.05) is 6.61 Å². The average molecular weight is 271 g/mol. The lowest BCUT2D eigenvalue weighted by molar-refractivity contribution is 0.269. The van der Waals surface area contributed by atoms with E-state index in [2.05, 4.69) is 27.7 Å². The van der Waals surface area contributed by atoms with Crippen LogP contribution in [0.25, 0.3) is 0 Å². The van der Waals surface area contributed by atoms with Crippen molar-refractivity contribution in [3.05, 3.63) is 0 Å². The van der Waals surface area contributed by atoms with Gasteiger partial charge < -0.3 is 5.11 Å². The third kappa shape index (κ3) is 12.7. The van der Waals surface area contributed by atoms with Crippen LogP contribution in [0.15, 0.2) is 0 Å². The van der Waals surface area contributed by atoms with E-state index in [0.717, 1.165) is 24.2 Å². The van der Waals surface area contributed by atoms with Crippen LogP contribution in [0.2, 0.25) is 0 Å². The zero-order chi connectivity index (χ0) is 14.5. The molecule has 0 saturated heterocycles. The van der Waals surface area contributed by atoms with Gasteiger partial charge in [-0.2, -0.15) is 0 Å². The van der Waals surface area contributed by atoms with Gasteiger partial charge in [-0.05, 0) is 30.6 Å². The van der Waals surface area contributed by atoms with Crippen molar-refractivity contribution in [2.24, 2.45) is 17.8 Å². The van der Waals surface area contributed by atoms with E-state index >= 15 is 0 Å². The summed E-state index contributed by atoms with van der Waals surface area (Å²) in [5.41, 5.74) is 0. The highest BCUT2D eigenvalue weighted by atomic mass is 16.2. The molecule has 0 saturated carbocycles. The predicted octanol–water partition coefficient (Wildman–Crippen LogP) is 5.81. The molecule has 0 amide bonds. The van der Waals surface area contributed by atoms with Crippen molar-refractivity contribution in [3.8, 4) is 0 Å². The molecule has 1 heteroatoms. The molecule has 3 unspecified atom stereocenters. The molecule has 3 atom stereocenters. The standard InChI is InChI=1S/C18H38O/c1-5-9-16(2)10-6-11-17(3)12-7-13-18(4)14-8-15-19/h16-19H,5-15H2,1-4H3. The van der Waals surface area contributed by atoms with Crippen molar-refractivity contribution in [2.45, 2.75) is 91.9 Å². The van der Waals surface area contributed by atoms with E-state index in [1.807, 2.05) is 0 Å². The molecule has 0 aromatic rings. The van der Waals surface area contributed by atoms with E-state index in [4.69, 9.17) is 5.11 Å². The molecule has 0 aromatic heterocycles. The maximum absolute atomic E-state index is 8.81. The van der Waals surface area contributed by atoms with E-state index in [1.165, 1.54) is 57.8 Å². The van der Waals surface area contributed by atoms with Crippen molar-refractivity contribution < 1.29 is 5.11 Å². The number of hydrogen-bond donors (Lipinski definition) is 1. The fourth-order valence-electron chi connectivity index (χ4n) is 3.00. The van der Waals surface area contributed by atoms with Gasteiger partial charge in [0.25, 0.3) is 0 Å². The van der Waals surface area contributed by atoms with Gasteiger partial charge >= 0.3 is 0 Å². The average Bonchev–Trinajstić information content (AvgIpc) is 2.36. The largest absolute Gasteiger partial charge is 0.396 e. The summed E-state index contributed by atoms with van der Waals surface area (Å²) in [6, 6.07) is 0. The SMILES string of the molecule is CCCC(C)CCCC(C)CCCC(C)CCCO. The lowest BCUT2D eigenvalue weighted by Crippen LogP contribution is -2.01. The van der Waals surface area contributed by atoms with Gasteiger partial charge in [0.2, 0.25) is 0 Å². The summed E-state index contributed by atoms with van der Waals surface area (Å²) in [5.74, 6) is 2.62. The maximum atomic E-state index is 8.81. The van der Waals surface area contributed by atoms with Crippen LogP contribution >= 0.6 is 0 Å². The zero-order valence-electron chi connectivity index (χ0n) is 14.0. The monoisotopic (exact) mass is 270 g/mol. The molecule has 0 spiro atoms. The third-order valence-corrected chi connectivity index (χ3v) is 4.42. The Morgan fingerprint density at radius 1 is 0.632 bits per heavy atom. The summed E-state index contributed by atoms with van der Waals surface area (Å²) in [4.78, 5) is 0. The fourth-order valence-corrected chi connectivity index (χ4v) is 3.00. The molecule has 0 radical (unpaired) electrons. The van der Waals surface area contributed by atoms with Crippen molar-refractivity contribution in [2.75, 3.05) is 6.61 Å². The van der Waals surface area contributed by atoms with E-state index in [9.17, 15) is 0 Å². The highest BCUT2D eigenvalue weighted by molar-refractivity contribution is 4.60. The molecular weight excluding hydrogens is 232 g/mol. The summed E-state index contributed by atoms with van der Waals surface area (Å²) in [7, 11) is 0. The lowest BCUT2D eigenvalue weighted by atomic mass is 9.91. The van der Waals surface area contributed by atoms with Crippen molar-refractivity contribution in [1.29, 1.82) is 0 Å². The zero-order valence-corrected chi connectivity index (χ0v) is 14.0. The van der Waals surface area contributed by atoms with Gasteiger partial charge in [-0.3, -0.25) is 0 Å². The van der Waals surface area contributed by atoms with Crippen LogP contribution < -0.4 is 0 Å². The number of rotatable bonds is 13. The number of aliphatic hydroxyl groups is 1. The lowest BCUT2D eigenvalue weighted by Gasteiger charge is -2.15. The van der Waals surface area contributed by atoms with Crippen molar-refractivity contribution >= 4 is 0 Å². The van der Waals surface area contributed by atoms with Crippen molar-refractivity contribution in [3.63, 3.8) is 0 Å². The van der Waals surface area contributed by atoms with E-state index in [1.54, 1.807) is 0 Å². The Morgan fingerprint density at radius 2 is 1.00 bits per heavy atom. The van der Waals surface area contributed by atoms with Crippen LogP contribution in [-0.4, -0.2) is 11.7 Å². The fraction of sp³-hybridized carbons (Fsp3) is 1.00. The quantitative estimate of drug-likeness (QED) is 0.448. The molecule has 0 aliphatic carbocycles. The Labute approximate surface area is 122 Å². The van der Waals surface area contributed by atoms with Crippen LogP contribution in [0.5, 0.6) is 0 Å². The maximum Gasteiger partial charge on any atom is 0.0431 e. The minimum atomic E-state index is 0.358. The van der Waals surface area contributed by atoms with Gasteiger partial charge in [0.05, 0.1) is 0 Å². The molecule has 116 valence electrons. The number of aliphatic hydroxyl groups excluding tert-OH is 1. The highest BCUT2D eigenvalue weighted by Gasteiger charge is 2.07. The second-order valence-electron chi connectivity index (χ2n) is 6.83. The molecule has 1 nitrogen and oxygen atoms in total. The summed E-state index contributed by atoms with van der Waals surface area (Å²) < 4.78 is 0. The molecule has 0 aliphatic rings. The van der Waals surface area contributed by atoms with Gasteiger partial charge in [-0.25, -0.2) is 0 Å². The van der Waals surface area contributed by atoms with E-state index in [0.29, 0.717) is 6.61 Å². The summed E-state index contributed by atoms with van der Waals surface area (Å²) in [6.07, 6.45) is 13.3. The molecule has 0 aromatic carbocycles. The Balaban J connectivity index is 3.41. The van der Waals surface area contributed by atoms with E-state index in [-0.39, 0.29) is 0 Å². The Kier molecular flexibility index (Phi) is 12.9. The molecule has 19 heavy (non-hydrogen) atoms. The summed E-state index contributed by atoms with van der Waals surface area (Å²) >= 11 is 0. The van der Waals surface area contributed by atoms with Gasteiger partial charge in [-0.1, -0.05) is 79.1 Å². The first kappa shape index (κ1) is 19.0. The van der Waals surface area contributed by atoms with Crippen molar-refractivity contribution in [1.82, 2.24) is 0 Å². The van der Waals surface area contributed by atoms with Crippen LogP contribution in [0.4, 0.5) is 0 Å². The third-order valence-electron chi connectivity index (χ3n) is 4.42. The molecule has 0 rings (SSSR count). The number of hydrogen-bond acceptors (Lipinski definition) is 1. The smallest absolute Gasteiger partial charge is 0.0431 e. The first-order valence-corrected chi connectivity index (χ1v) is 8.70. The second-order valence-corrected chi connectivity index (χ2v) is 6.83. The predicted molar refractivity (Wildman–Crippen MR) is 86.4 cm³/mol. The van der Waals surface area contributed by atoms with Crippen LogP contribution in [0.1, 0.15) is 91.9 Å². The first-order valence-electron chi connectivity index (χ1n) is 8.70. The summed E-state index contributed by atoms with van der Waals surface area (Å²) in [5, 5.41) is 8.81. The molecule has 0 heterocycles. The van der Waals surface area contributed by atoms with Gasteiger partial charge in [0.15, 0.2) is 0 Å². The molecule has 0 aliphatic heterocycles. The minimum Gasteiger partial charge on any atom is -0.396 e. The summed E-state index contributed by atoms with van der Waals surface area (Å²) in [6.45, 7) is 9.79. The molecule has 0 bridgehead atoms.